The first-order chi connectivity index (χ1) is 14.1. The number of anilines is 1. The molecule has 29 heavy (non-hydrogen) atoms. The number of rotatable bonds is 6. The molecule has 3 atom stereocenters. The lowest BCUT2D eigenvalue weighted by molar-refractivity contribution is -0.119. The van der Waals surface area contributed by atoms with Crippen LogP contribution in [0, 0.1) is 5.92 Å². The van der Waals surface area contributed by atoms with Crippen molar-refractivity contribution < 1.29 is 14.3 Å². The summed E-state index contributed by atoms with van der Waals surface area (Å²) in [5.41, 5.74) is 1.92. The van der Waals surface area contributed by atoms with Crippen LogP contribution in [0.1, 0.15) is 38.7 Å². The van der Waals surface area contributed by atoms with Crippen LogP contribution in [0.3, 0.4) is 0 Å². The monoisotopic (exact) mass is 402 g/mol. The Labute approximate surface area is 173 Å². The van der Waals surface area contributed by atoms with Crippen LogP contribution >= 0.6 is 0 Å². The topological polar surface area (TPSA) is 75.2 Å². The quantitative estimate of drug-likeness (QED) is 0.565. The van der Waals surface area contributed by atoms with Crippen molar-refractivity contribution in [2.75, 3.05) is 38.7 Å². The Morgan fingerprint density at radius 2 is 2.14 bits per heavy atom. The normalized spacial score (nSPS) is 23.7. The van der Waals surface area contributed by atoms with Crippen molar-refractivity contribution in [1.82, 2.24) is 10.2 Å². The van der Waals surface area contributed by atoms with Crippen molar-refractivity contribution in [3.05, 3.63) is 29.8 Å². The average Bonchev–Trinajstić information content (AvgIpc) is 3.29. The Morgan fingerprint density at radius 3 is 2.86 bits per heavy atom. The highest BCUT2D eigenvalue weighted by Gasteiger charge is 2.32. The minimum Gasteiger partial charge on any atom is -0.375 e. The maximum Gasteiger partial charge on any atom is 0.227 e. The van der Waals surface area contributed by atoms with Gasteiger partial charge in [0.15, 0.2) is 5.96 Å². The molecule has 0 spiro atoms. The third-order valence-electron chi connectivity index (χ3n) is 5.69. The molecule has 3 rings (SSSR count). The molecular formula is C22H34N4O3. The highest BCUT2D eigenvalue weighted by atomic mass is 16.5. The molecule has 1 amide bonds. The average molecular weight is 403 g/mol. The molecule has 0 aromatic heterocycles. The number of benzene rings is 1. The van der Waals surface area contributed by atoms with Gasteiger partial charge in [0.1, 0.15) is 6.10 Å². The second-order valence-electron chi connectivity index (χ2n) is 7.81. The van der Waals surface area contributed by atoms with Crippen LogP contribution in [0.15, 0.2) is 29.3 Å². The van der Waals surface area contributed by atoms with E-state index in [2.05, 4.69) is 20.5 Å². The molecule has 2 fully saturated rings. The van der Waals surface area contributed by atoms with Crippen LogP contribution in [-0.2, 0) is 20.8 Å². The third-order valence-corrected chi connectivity index (χ3v) is 5.69. The first kappa shape index (κ1) is 21.6. The van der Waals surface area contributed by atoms with E-state index in [-0.39, 0.29) is 24.0 Å². The fourth-order valence-electron chi connectivity index (χ4n) is 3.71. The van der Waals surface area contributed by atoms with Crippen molar-refractivity contribution >= 4 is 17.6 Å². The zero-order chi connectivity index (χ0) is 20.6. The van der Waals surface area contributed by atoms with E-state index >= 15 is 0 Å². The van der Waals surface area contributed by atoms with E-state index in [1.807, 2.05) is 45.2 Å². The number of aliphatic imine (C=N–C) groups is 1. The van der Waals surface area contributed by atoms with Crippen molar-refractivity contribution in [2.45, 2.75) is 51.9 Å². The van der Waals surface area contributed by atoms with Gasteiger partial charge in [0.2, 0.25) is 5.91 Å². The summed E-state index contributed by atoms with van der Waals surface area (Å²) in [4.78, 5) is 18.8. The molecule has 7 heteroatoms. The standard InChI is InChI=1S/C22H34N4O3/c1-4-16(2)21(27)25-18-8-5-7-17(13-18)14-24-22(23-3)26-10-12-29-20(15-26)19-9-6-11-28-19/h5,7-8,13,16,19-20H,4,6,9-12,14-15H2,1-3H3,(H,23,24)(H,25,27). The van der Waals surface area contributed by atoms with Gasteiger partial charge < -0.3 is 25.0 Å². The molecule has 2 heterocycles. The van der Waals surface area contributed by atoms with E-state index in [0.29, 0.717) is 13.2 Å². The van der Waals surface area contributed by atoms with Crippen LogP contribution in [0.5, 0.6) is 0 Å². The molecule has 3 unspecified atom stereocenters. The molecule has 0 radical (unpaired) electrons. The maximum atomic E-state index is 12.1. The van der Waals surface area contributed by atoms with E-state index in [0.717, 1.165) is 56.2 Å². The summed E-state index contributed by atoms with van der Waals surface area (Å²) >= 11 is 0. The van der Waals surface area contributed by atoms with Crippen LogP contribution in [0.2, 0.25) is 0 Å². The first-order valence-corrected chi connectivity index (χ1v) is 10.7. The predicted octanol–water partition coefficient (Wildman–Crippen LogP) is 2.63. The lowest BCUT2D eigenvalue weighted by atomic mass is 10.1. The van der Waals surface area contributed by atoms with Gasteiger partial charge in [-0.05, 0) is 37.0 Å². The molecule has 0 aliphatic carbocycles. The van der Waals surface area contributed by atoms with Crippen LogP contribution in [-0.4, -0.2) is 62.3 Å². The van der Waals surface area contributed by atoms with Gasteiger partial charge in [-0.1, -0.05) is 26.0 Å². The largest absolute Gasteiger partial charge is 0.375 e. The molecule has 2 aliphatic heterocycles. The summed E-state index contributed by atoms with van der Waals surface area (Å²) < 4.78 is 11.7. The second-order valence-corrected chi connectivity index (χ2v) is 7.81. The molecule has 2 aliphatic rings. The van der Waals surface area contributed by atoms with Crippen molar-refractivity contribution in [3.8, 4) is 0 Å². The van der Waals surface area contributed by atoms with Gasteiger partial charge in [0.05, 0.1) is 12.7 Å². The van der Waals surface area contributed by atoms with Gasteiger partial charge in [0.25, 0.3) is 0 Å². The minimum absolute atomic E-state index is 0.00808. The summed E-state index contributed by atoms with van der Waals surface area (Å²) in [6.07, 6.45) is 3.31. The Bertz CT molecular complexity index is 703. The fourth-order valence-corrected chi connectivity index (χ4v) is 3.71. The zero-order valence-electron chi connectivity index (χ0n) is 17.8. The second kappa shape index (κ2) is 10.6. The van der Waals surface area contributed by atoms with E-state index in [1.54, 1.807) is 0 Å². The molecule has 160 valence electrons. The fraction of sp³-hybridized carbons (Fsp3) is 0.636. The summed E-state index contributed by atoms with van der Waals surface area (Å²) in [6, 6.07) is 7.95. The summed E-state index contributed by atoms with van der Waals surface area (Å²) in [5.74, 6) is 0.931. The highest BCUT2D eigenvalue weighted by Crippen LogP contribution is 2.21. The van der Waals surface area contributed by atoms with Gasteiger partial charge in [-0.3, -0.25) is 9.79 Å². The van der Waals surface area contributed by atoms with Gasteiger partial charge >= 0.3 is 0 Å². The SMILES string of the molecule is CCC(C)C(=O)Nc1cccc(CNC(=NC)N2CCOC(C3CCCO3)C2)c1. The number of carbonyl (C=O) groups is 1. The number of hydrogen-bond donors (Lipinski definition) is 2. The third kappa shape index (κ3) is 5.93. The molecule has 1 aromatic rings. The van der Waals surface area contributed by atoms with Crippen LogP contribution in [0.4, 0.5) is 5.69 Å². The maximum absolute atomic E-state index is 12.1. The lowest BCUT2D eigenvalue weighted by Gasteiger charge is -2.37. The number of hydrogen-bond acceptors (Lipinski definition) is 4. The van der Waals surface area contributed by atoms with Crippen LogP contribution < -0.4 is 10.6 Å². The van der Waals surface area contributed by atoms with E-state index < -0.39 is 0 Å². The molecular weight excluding hydrogens is 368 g/mol. The number of nitrogens with one attached hydrogen (secondary N) is 2. The van der Waals surface area contributed by atoms with Crippen LogP contribution in [0.25, 0.3) is 0 Å². The zero-order valence-corrected chi connectivity index (χ0v) is 17.8. The first-order valence-electron chi connectivity index (χ1n) is 10.7. The molecule has 1 aromatic carbocycles. The van der Waals surface area contributed by atoms with E-state index in [9.17, 15) is 4.79 Å². The summed E-state index contributed by atoms with van der Waals surface area (Å²) in [6.45, 7) is 7.72. The Hall–Kier alpha value is -2.12. The van der Waals surface area contributed by atoms with Gasteiger partial charge in [0, 0.05) is 44.9 Å². The number of carbonyl (C=O) groups excluding carboxylic acids is 1. The lowest BCUT2D eigenvalue weighted by Crippen LogP contribution is -2.53. The number of guanidine groups is 1. The van der Waals surface area contributed by atoms with Crippen molar-refractivity contribution in [1.29, 1.82) is 0 Å². The molecule has 0 bridgehead atoms. The predicted molar refractivity (Wildman–Crippen MR) is 115 cm³/mol. The van der Waals surface area contributed by atoms with Gasteiger partial charge in [-0.25, -0.2) is 0 Å². The number of morpholine rings is 1. The van der Waals surface area contributed by atoms with Gasteiger partial charge in [-0.15, -0.1) is 0 Å². The minimum atomic E-state index is 0.00808. The van der Waals surface area contributed by atoms with E-state index in [1.165, 1.54) is 0 Å². The molecule has 0 saturated carbocycles. The smallest absolute Gasteiger partial charge is 0.227 e. The Kier molecular flexibility index (Phi) is 7.89. The van der Waals surface area contributed by atoms with Crippen molar-refractivity contribution in [2.24, 2.45) is 10.9 Å². The summed E-state index contributed by atoms with van der Waals surface area (Å²) in [7, 11) is 1.81. The Balaban J connectivity index is 1.55. The van der Waals surface area contributed by atoms with E-state index in [4.69, 9.17) is 9.47 Å². The molecule has 7 nitrogen and oxygen atoms in total. The Morgan fingerprint density at radius 1 is 1.31 bits per heavy atom. The number of nitrogens with zero attached hydrogens (tertiary/aromatic N) is 2. The van der Waals surface area contributed by atoms with Crippen molar-refractivity contribution in [3.63, 3.8) is 0 Å². The molecule has 2 N–H and O–H groups in total. The molecule has 2 saturated heterocycles. The number of ether oxygens (including phenoxy) is 2. The highest BCUT2D eigenvalue weighted by molar-refractivity contribution is 5.92. The summed E-state index contributed by atoms with van der Waals surface area (Å²) in [5, 5.41) is 6.45. The number of amides is 1. The van der Waals surface area contributed by atoms with Gasteiger partial charge in [-0.2, -0.15) is 0 Å².